The molecule has 0 fully saturated rings. The second kappa shape index (κ2) is 22.3. The third kappa shape index (κ3) is 15.1. The molecular formula is C27H29S3Y3-3. The average Bonchev–Trinajstić information content (AvgIpc) is 3.45. The van der Waals surface area contributed by atoms with Crippen LogP contribution in [0.5, 0.6) is 0 Å². The SMILES string of the molecule is CC.[CH-]=Cc1cc2sc(C)cc2s1.[CH-]=Cc1ccc(C)cc1.[CH-]=Cc1ccc(C)s1.[Y].[Y].[Y]. The van der Waals surface area contributed by atoms with Crippen LogP contribution in [0.15, 0.2) is 48.5 Å². The summed E-state index contributed by atoms with van der Waals surface area (Å²) in [5.41, 5.74) is 2.33. The minimum atomic E-state index is 0. The van der Waals surface area contributed by atoms with Crippen LogP contribution in [0.3, 0.4) is 0 Å². The molecule has 0 saturated carbocycles. The van der Waals surface area contributed by atoms with Gasteiger partial charge in [0.15, 0.2) is 0 Å². The standard InChI is InChI=1S/C9H7S2.C9H9.C7H7S.C2H6.3Y/c1-3-7-5-9-8(11-7)4-6(2)10-9;1-3-9-6-4-8(2)5-7-9;1-3-7-5-4-6(2)8-7;1-2;;;/h1,3-5H,2H3;1,3-7H,2H3;1,3-5H,2H3;1-2H3;;;/q3*-1;;;;. The van der Waals surface area contributed by atoms with Crippen molar-refractivity contribution < 1.29 is 98.1 Å². The number of thiophene rings is 3. The molecule has 0 spiro atoms. The van der Waals surface area contributed by atoms with Crippen molar-refractivity contribution in [3.8, 4) is 0 Å². The number of fused-ring (bicyclic) bond motifs is 1. The fourth-order valence-corrected chi connectivity index (χ4v) is 5.15. The van der Waals surface area contributed by atoms with E-state index in [0.29, 0.717) is 0 Å². The minimum absolute atomic E-state index is 0. The van der Waals surface area contributed by atoms with Crippen molar-refractivity contribution in [2.45, 2.75) is 34.6 Å². The molecule has 0 nitrogen and oxygen atoms in total. The van der Waals surface area contributed by atoms with E-state index in [1.807, 2.05) is 55.5 Å². The summed E-state index contributed by atoms with van der Waals surface area (Å²) < 4.78 is 2.70. The Bertz CT molecular complexity index is 1020. The van der Waals surface area contributed by atoms with E-state index in [2.05, 4.69) is 39.0 Å². The maximum absolute atomic E-state index is 5.40. The van der Waals surface area contributed by atoms with Gasteiger partial charge < -0.3 is 0 Å². The second-order valence-corrected chi connectivity index (χ2v) is 9.82. The van der Waals surface area contributed by atoms with E-state index < -0.39 is 0 Å². The zero-order chi connectivity index (χ0) is 22.5. The Morgan fingerprint density at radius 2 is 1.12 bits per heavy atom. The van der Waals surface area contributed by atoms with Crippen LogP contribution < -0.4 is 0 Å². The van der Waals surface area contributed by atoms with Gasteiger partial charge in [0.25, 0.3) is 0 Å². The Hall–Kier alpha value is 1.11. The van der Waals surface area contributed by atoms with E-state index >= 15 is 0 Å². The number of aryl methyl sites for hydroxylation is 3. The molecule has 4 rings (SSSR count). The third-order valence-corrected chi connectivity index (χ3v) is 6.85. The van der Waals surface area contributed by atoms with Gasteiger partial charge in [-0.1, -0.05) is 37.6 Å². The molecule has 0 bridgehead atoms. The van der Waals surface area contributed by atoms with Gasteiger partial charge in [0.2, 0.25) is 0 Å². The molecule has 0 unspecified atom stereocenters. The Balaban J connectivity index is -0.000000382. The quantitative estimate of drug-likeness (QED) is 0.185. The summed E-state index contributed by atoms with van der Waals surface area (Å²) in [4.78, 5) is 4.98. The normalized spacial score (nSPS) is 8.39. The molecule has 0 amide bonds. The summed E-state index contributed by atoms with van der Waals surface area (Å²) in [5, 5.41) is 0. The molecule has 4 aromatic rings. The molecule has 0 aliphatic rings. The van der Waals surface area contributed by atoms with E-state index in [1.54, 1.807) is 40.9 Å². The summed E-state index contributed by atoms with van der Waals surface area (Å²) in [5.74, 6) is 0. The second-order valence-electron chi connectivity index (χ2n) is 6.09. The van der Waals surface area contributed by atoms with E-state index in [0.717, 1.165) is 15.3 Å². The summed E-state index contributed by atoms with van der Waals surface area (Å²) in [6.07, 6.45) is 4.88. The van der Waals surface area contributed by atoms with E-state index in [9.17, 15) is 0 Å². The van der Waals surface area contributed by atoms with Crippen molar-refractivity contribution in [1.82, 2.24) is 0 Å². The van der Waals surface area contributed by atoms with Crippen LogP contribution in [0.25, 0.3) is 27.6 Å². The van der Waals surface area contributed by atoms with Crippen LogP contribution in [-0.4, -0.2) is 0 Å². The molecule has 0 aliphatic carbocycles. The van der Waals surface area contributed by atoms with Crippen LogP contribution >= 0.6 is 34.0 Å². The topological polar surface area (TPSA) is 0 Å². The number of rotatable bonds is 3. The zero-order valence-corrected chi connectivity index (χ0v) is 31.0. The largest absolute Gasteiger partial charge is 0.292 e. The summed E-state index contributed by atoms with van der Waals surface area (Å²) in [7, 11) is 0. The van der Waals surface area contributed by atoms with Crippen molar-refractivity contribution in [1.29, 1.82) is 0 Å². The van der Waals surface area contributed by atoms with Crippen molar-refractivity contribution in [2.75, 3.05) is 0 Å². The molecular weight excluding hydrogens is 687 g/mol. The van der Waals surface area contributed by atoms with Gasteiger partial charge in [-0.05, 0) is 31.7 Å². The van der Waals surface area contributed by atoms with Gasteiger partial charge in [-0.2, -0.15) is 5.56 Å². The molecule has 1 aromatic carbocycles. The minimum Gasteiger partial charge on any atom is -0.292 e. The fourth-order valence-electron chi connectivity index (χ4n) is 2.28. The smallest absolute Gasteiger partial charge is 0.0266 e. The maximum atomic E-state index is 5.40. The molecule has 0 saturated heterocycles. The third-order valence-electron chi connectivity index (χ3n) is 3.71. The van der Waals surface area contributed by atoms with Gasteiger partial charge in [0, 0.05) is 112 Å². The zero-order valence-electron chi connectivity index (χ0n) is 20.0. The van der Waals surface area contributed by atoms with Crippen molar-refractivity contribution in [3.63, 3.8) is 0 Å². The molecule has 3 radical (unpaired) electrons. The van der Waals surface area contributed by atoms with Gasteiger partial charge in [-0.3, -0.25) is 19.7 Å². The van der Waals surface area contributed by atoms with Crippen LogP contribution in [0.4, 0.5) is 0 Å². The monoisotopic (exact) mass is 716 g/mol. The Morgan fingerprint density at radius 1 is 0.576 bits per heavy atom. The van der Waals surface area contributed by atoms with Crippen molar-refractivity contribution in [3.05, 3.63) is 98.9 Å². The molecule has 6 heteroatoms. The van der Waals surface area contributed by atoms with Crippen LogP contribution in [-0.2, 0) is 98.1 Å². The van der Waals surface area contributed by atoms with Crippen LogP contribution in [0, 0.1) is 40.5 Å². The Kier molecular flexibility index (Phi) is 26.1. The van der Waals surface area contributed by atoms with Crippen LogP contribution in [0.1, 0.15) is 44.5 Å². The summed E-state index contributed by atoms with van der Waals surface area (Å²) in [6, 6.07) is 16.5. The molecule has 3 heterocycles. The van der Waals surface area contributed by atoms with Gasteiger partial charge in [-0.25, -0.2) is 40.9 Å². The number of hydrogen-bond donors (Lipinski definition) is 0. The summed E-state index contributed by atoms with van der Waals surface area (Å²) >= 11 is 5.28. The Labute approximate surface area is 288 Å². The molecule has 0 aliphatic heterocycles. The summed E-state index contributed by atoms with van der Waals surface area (Å²) in [6.45, 7) is 26.2. The van der Waals surface area contributed by atoms with E-state index in [4.69, 9.17) is 19.7 Å². The fraction of sp³-hybridized carbons (Fsp3) is 0.185. The van der Waals surface area contributed by atoms with Gasteiger partial charge >= 0.3 is 0 Å². The van der Waals surface area contributed by atoms with Gasteiger partial charge in [0.1, 0.15) is 0 Å². The Morgan fingerprint density at radius 3 is 1.52 bits per heavy atom. The molecule has 0 atom stereocenters. The van der Waals surface area contributed by atoms with E-state index in [1.165, 1.54) is 24.7 Å². The van der Waals surface area contributed by atoms with Gasteiger partial charge in [-0.15, -0.1) is 45.4 Å². The first-order chi connectivity index (χ1) is 14.4. The average molecular weight is 716 g/mol. The predicted octanol–water partition coefficient (Wildman–Crippen LogP) is 9.68. The first-order valence-corrected chi connectivity index (χ1v) is 12.2. The first-order valence-electron chi connectivity index (χ1n) is 9.73. The number of benzene rings is 1. The first kappa shape index (κ1) is 38.6. The molecule has 0 N–H and O–H groups in total. The van der Waals surface area contributed by atoms with Gasteiger partial charge in [0.05, 0.1) is 0 Å². The van der Waals surface area contributed by atoms with Crippen molar-refractivity contribution >= 4 is 61.6 Å². The molecule has 33 heavy (non-hydrogen) atoms. The van der Waals surface area contributed by atoms with E-state index in [-0.39, 0.29) is 98.1 Å². The molecule has 167 valence electrons. The van der Waals surface area contributed by atoms with Crippen molar-refractivity contribution in [2.24, 2.45) is 0 Å². The predicted molar refractivity (Wildman–Crippen MR) is 142 cm³/mol. The number of hydrogen-bond acceptors (Lipinski definition) is 3. The molecule has 3 aromatic heterocycles. The van der Waals surface area contributed by atoms with Crippen LogP contribution in [0.2, 0.25) is 0 Å². The maximum Gasteiger partial charge on any atom is 0.0266 e.